The van der Waals surface area contributed by atoms with E-state index in [4.69, 9.17) is 4.74 Å². The van der Waals surface area contributed by atoms with E-state index in [0.29, 0.717) is 12.3 Å². The fourth-order valence-corrected chi connectivity index (χ4v) is 2.68. The number of nitrogens with zero attached hydrogens (tertiary/aromatic N) is 3. The first-order valence-electron chi connectivity index (χ1n) is 6.77. The van der Waals surface area contributed by atoms with Crippen LogP contribution in [0.25, 0.3) is 0 Å². The summed E-state index contributed by atoms with van der Waals surface area (Å²) >= 11 is 3.48. The van der Waals surface area contributed by atoms with Gasteiger partial charge in [0.2, 0.25) is 0 Å². The zero-order valence-corrected chi connectivity index (χ0v) is 13.2. The first kappa shape index (κ1) is 14.7. The van der Waals surface area contributed by atoms with Gasteiger partial charge in [0.25, 0.3) is 0 Å². The molecule has 1 aromatic heterocycles. The van der Waals surface area contributed by atoms with Gasteiger partial charge in [-0.1, -0.05) is 40.2 Å². The third-order valence-electron chi connectivity index (χ3n) is 3.11. The summed E-state index contributed by atoms with van der Waals surface area (Å²) in [7, 11) is 0. The molecule has 5 nitrogen and oxygen atoms in total. The maximum Gasteiger partial charge on any atom is 0.128 e. The van der Waals surface area contributed by atoms with E-state index >= 15 is 0 Å². The fraction of sp³-hybridized carbons (Fsp3) is 0.125. The number of aromatic nitrogens is 3. The third-order valence-corrected chi connectivity index (χ3v) is 3.80. The predicted octanol–water partition coefficient (Wildman–Crippen LogP) is 3.57. The van der Waals surface area contributed by atoms with E-state index in [0.717, 1.165) is 15.8 Å². The second kappa shape index (κ2) is 6.72. The maximum absolute atomic E-state index is 10.3. The molecular formula is C16H14BrN3O2. The van der Waals surface area contributed by atoms with Gasteiger partial charge in [0.1, 0.15) is 17.6 Å². The SMILES string of the molecule is OC(Cn1nccn1)c1ccc(Oc2ccccc2)cc1Br. The van der Waals surface area contributed by atoms with Crippen molar-refractivity contribution in [2.45, 2.75) is 12.6 Å². The Morgan fingerprint density at radius 1 is 1.05 bits per heavy atom. The molecule has 0 fully saturated rings. The van der Waals surface area contributed by atoms with E-state index in [9.17, 15) is 5.11 Å². The number of halogens is 1. The largest absolute Gasteiger partial charge is 0.457 e. The molecule has 2 aromatic carbocycles. The normalized spacial score (nSPS) is 12.1. The standard InChI is InChI=1S/C16H14BrN3O2/c17-15-10-13(22-12-4-2-1-3-5-12)6-7-14(15)16(21)11-20-18-8-9-19-20/h1-10,16,21H,11H2. The summed E-state index contributed by atoms with van der Waals surface area (Å²) in [4.78, 5) is 1.45. The molecule has 6 heteroatoms. The van der Waals surface area contributed by atoms with Gasteiger partial charge in [0.05, 0.1) is 18.9 Å². The van der Waals surface area contributed by atoms with E-state index in [1.54, 1.807) is 12.4 Å². The highest BCUT2D eigenvalue weighted by Crippen LogP contribution is 2.30. The Morgan fingerprint density at radius 3 is 2.45 bits per heavy atom. The minimum absolute atomic E-state index is 0.296. The van der Waals surface area contributed by atoms with Crippen molar-refractivity contribution in [1.82, 2.24) is 15.0 Å². The number of benzene rings is 2. The third kappa shape index (κ3) is 3.52. The Bertz CT molecular complexity index is 732. The highest BCUT2D eigenvalue weighted by atomic mass is 79.9. The molecule has 0 saturated carbocycles. The molecule has 0 aliphatic rings. The average molecular weight is 360 g/mol. The summed E-state index contributed by atoms with van der Waals surface area (Å²) in [5.41, 5.74) is 0.762. The van der Waals surface area contributed by atoms with Crippen molar-refractivity contribution >= 4 is 15.9 Å². The zero-order chi connectivity index (χ0) is 15.4. The van der Waals surface area contributed by atoms with E-state index in [-0.39, 0.29) is 0 Å². The smallest absolute Gasteiger partial charge is 0.128 e. The van der Waals surface area contributed by atoms with Crippen molar-refractivity contribution in [3.63, 3.8) is 0 Å². The molecule has 112 valence electrons. The van der Waals surface area contributed by atoms with Crippen LogP contribution in [0, 0.1) is 0 Å². The van der Waals surface area contributed by atoms with Crippen molar-refractivity contribution in [1.29, 1.82) is 0 Å². The summed E-state index contributed by atoms with van der Waals surface area (Å²) in [6.07, 6.45) is 2.46. The summed E-state index contributed by atoms with van der Waals surface area (Å²) in [5.74, 6) is 1.47. The van der Waals surface area contributed by atoms with Gasteiger partial charge < -0.3 is 9.84 Å². The topological polar surface area (TPSA) is 60.2 Å². The monoisotopic (exact) mass is 359 g/mol. The lowest BCUT2D eigenvalue weighted by atomic mass is 10.1. The van der Waals surface area contributed by atoms with Crippen molar-refractivity contribution in [3.8, 4) is 11.5 Å². The second-order valence-corrected chi connectivity index (χ2v) is 5.55. The Balaban J connectivity index is 1.74. The summed E-state index contributed by atoms with van der Waals surface area (Å²) in [5, 5.41) is 18.3. The van der Waals surface area contributed by atoms with Gasteiger partial charge in [-0.25, -0.2) is 0 Å². The molecule has 0 aliphatic heterocycles. The number of hydrogen-bond acceptors (Lipinski definition) is 4. The second-order valence-electron chi connectivity index (χ2n) is 4.70. The first-order chi connectivity index (χ1) is 10.7. The van der Waals surface area contributed by atoms with Crippen LogP contribution in [0.2, 0.25) is 0 Å². The van der Waals surface area contributed by atoms with Gasteiger partial charge in [-0.3, -0.25) is 0 Å². The van der Waals surface area contributed by atoms with Crippen LogP contribution >= 0.6 is 15.9 Å². The molecule has 0 amide bonds. The molecule has 22 heavy (non-hydrogen) atoms. The molecule has 1 heterocycles. The van der Waals surface area contributed by atoms with Gasteiger partial charge >= 0.3 is 0 Å². The van der Waals surface area contributed by atoms with Crippen LogP contribution in [0.5, 0.6) is 11.5 Å². The lowest BCUT2D eigenvalue weighted by molar-refractivity contribution is 0.144. The van der Waals surface area contributed by atoms with Gasteiger partial charge in [-0.15, -0.1) is 0 Å². The van der Waals surface area contributed by atoms with Crippen LogP contribution in [0.3, 0.4) is 0 Å². The fourth-order valence-electron chi connectivity index (χ4n) is 2.06. The highest BCUT2D eigenvalue weighted by molar-refractivity contribution is 9.10. The number of aliphatic hydroxyl groups excluding tert-OH is 1. The Morgan fingerprint density at radius 2 is 1.77 bits per heavy atom. The van der Waals surface area contributed by atoms with Crippen LogP contribution < -0.4 is 4.74 Å². The van der Waals surface area contributed by atoms with Crippen molar-refractivity contribution in [2.75, 3.05) is 0 Å². The lowest BCUT2D eigenvalue weighted by Gasteiger charge is -2.14. The first-order valence-corrected chi connectivity index (χ1v) is 7.56. The van der Waals surface area contributed by atoms with Crippen LogP contribution in [-0.2, 0) is 6.54 Å². The molecule has 0 saturated heterocycles. The van der Waals surface area contributed by atoms with Crippen molar-refractivity contribution < 1.29 is 9.84 Å². The Kier molecular flexibility index (Phi) is 4.50. The lowest BCUT2D eigenvalue weighted by Crippen LogP contribution is -2.11. The number of rotatable bonds is 5. The van der Waals surface area contributed by atoms with Gasteiger partial charge in [0.15, 0.2) is 0 Å². The van der Waals surface area contributed by atoms with Gasteiger partial charge in [-0.05, 0) is 29.8 Å². The molecular weight excluding hydrogens is 346 g/mol. The predicted molar refractivity (Wildman–Crippen MR) is 85.6 cm³/mol. The molecule has 3 aromatic rings. The minimum Gasteiger partial charge on any atom is -0.457 e. The molecule has 1 atom stereocenters. The average Bonchev–Trinajstić information content (AvgIpc) is 3.01. The molecule has 3 rings (SSSR count). The van der Waals surface area contributed by atoms with Crippen LogP contribution in [0.15, 0.2) is 65.4 Å². The van der Waals surface area contributed by atoms with Crippen LogP contribution in [0.1, 0.15) is 11.7 Å². The number of ether oxygens (including phenoxy) is 1. The zero-order valence-electron chi connectivity index (χ0n) is 11.6. The minimum atomic E-state index is -0.701. The van der Waals surface area contributed by atoms with E-state index in [2.05, 4.69) is 26.1 Å². The quantitative estimate of drug-likeness (QED) is 0.756. The van der Waals surface area contributed by atoms with E-state index in [1.165, 1.54) is 4.80 Å². The molecule has 1 unspecified atom stereocenters. The maximum atomic E-state index is 10.3. The van der Waals surface area contributed by atoms with Crippen LogP contribution in [0.4, 0.5) is 0 Å². The van der Waals surface area contributed by atoms with E-state index in [1.807, 2.05) is 48.5 Å². The summed E-state index contributed by atoms with van der Waals surface area (Å²) < 4.78 is 6.54. The van der Waals surface area contributed by atoms with Crippen LogP contribution in [-0.4, -0.2) is 20.1 Å². The molecule has 1 N–H and O–H groups in total. The number of aliphatic hydroxyl groups is 1. The van der Waals surface area contributed by atoms with Gasteiger partial charge in [-0.2, -0.15) is 15.0 Å². The molecule has 0 spiro atoms. The Hall–Kier alpha value is -2.18. The van der Waals surface area contributed by atoms with Gasteiger partial charge in [0, 0.05) is 4.47 Å². The molecule has 0 radical (unpaired) electrons. The molecule has 0 aliphatic carbocycles. The van der Waals surface area contributed by atoms with Crippen molar-refractivity contribution in [3.05, 3.63) is 71.0 Å². The Labute approximate surface area is 136 Å². The highest BCUT2D eigenvalue weighted by Gasteiger charge is 2.14. The number of hydrogen-bond donors (Lipinski definition) is 1. The van der Waals surface area contributed by atoms with E-state index < -0.39 is 6.10 Å². The summed E-state index contributed by atoms with van der Waals surface area (Å²) in [6.45, 7) is 0.296. The molecule has 0 bridgehead atoms. The number of para-hydroxylation sites is 1. The van der Waals surface area contributed by atoms with Crippen molar-refractivity contribution in [2.24, 2.45) is 0 Å². The summed E-state index contributed by atoms with van der Waals surface area (Å²) in [6, 6.07) is 15.0.